The minimum atomic E-state index is 0.0724. The number of hydrogen-bond acceptors (Lipinski definition) is 0. The van der Waals surface area contributed by atoms with Crippen molar-refractivity contribution in [3.8, 4) is 0 Å². The molecule has 0 heterocycles. The lowest BCUT2D eigenvalue weighted by atomic mass is 9.99. The van der Waals surface area contributed by atoms with Crippen LogP contribution in [0.4, 0.5) is 0 Å². The number of benzene rings is 2. The smallest absolute Gasteiger partial charge is 0.00650 e. The number of fused-ring (bicyclic) bond motifs is 1. The second-order valence-electron chi connectivity index (χ2n) is 19.1. The van der Waals surface area contributed by atoms with Crippen LogP contribution in [0.2, 0.25) is 0 Å². The zero-order valence-corrected chi connectivity index (χ0v) is 36.2. The van der Waals surface area contributed by atoms with Gasteiger partial charge in [-0.05, 0) is 157 Å². The summed E-state index contributed by atoms with van der Waals surface area (Å²) in [6, 6.07) is 13.7. The van der Waals surface area contributed by atoms with Gasteiger partial charge in [-0.25, -0.2) is 0 Å². The summed E-state index contributed by atoms with van der Waals surface area (Å²) in [7, 11) is 0.255. The molecule has 6 aliphatic carbocycles. The van der Waals surface area contributed by atoms with Crippen LogP contribution in [0.5, 0.6) is 0 Å². The molecule has 0 radical (unpaired) electrons. The average Bonchev–Trinajstić information content (AvgIpc) is 3.23. The fraction of sp³-hybridized carbons (Fsp3) is 0.796. The molecule has 6 fully saturated rings. The van der Waals surface area contributed by atoms with E-state index < -0.39 is 0 Å². The molecule has 8 rings (SSSR count). The molecule has 0 nitrogen and oxygen atoms in total. The van der Waals surface area contributed by atoms with Gasteiger partial charge in [0.15, 0.2) is 0 Å². The van der Waals surface area contributed by atoms with E-state index in [1.807, 2.05) is 11.1 Å². The highest BCUT2D eigenvalue weighted by atomic mass is 31.1. The number of rotatable bonds is 12. The van der Waals surface area contributed by atoms with Crippen molar-refractivity contribution < 1.29 is 0 Å². The summed E-state index contributed by atoms with van der Waals surface area (Å²) in [5.74, 6) is 0. The average molecular weight is 759 g/mol. The third-order valence-corrected chi connectivity index (χ3v) is 26.4. The van der Waals surface area contributed by atoms with Gasteiger partial charge in [-0.15, -0.1) is 0 Å². The van der Waals surface area contributed by atoms with E-state index in [4.69, 9.17) is 0 Å². The SMILES string of the molecule is c1cc2cc(CP(C3CCCCC3)C3CCCCC3)c(CP(C3CCCCC3)C3CCCCC3)cc2cc1CP(C1CCCCC1)C1CCCCC1. The minimum absolute atomic E-state index is 0.0724. The lowest BCUT2D eigenvalue weighted by Crippen LogP contribution is -2.23. The monoisotopic (exact) mass is 759 g/mol. The van der Waals surface area contributed by atoms with Gasteiger partial charge in [0, 0.05) is 0 Å². The van der Waals surface area contributed by atoms with E-state index in [-0.39, 0.29) is 23.8 Å². The third-order valence-electron chi connectivity index (χ3n) is 15.6. The molecule has 0 spiro atoms. The first-order valence-corrected chi connectivity index (χ1v) is 28.6. The Balaban J connectivity index is 1.14. The minimum Gasteiger partial charge on any atom is -0.0958 e. The molecule has 6 aliphatic rings. The Kier molecular flexibility index (Phi) is 14.9. The summed E-state index contributed by atoms with van der Waals surface area (Å²) < 4.78 is 0. The van der Waals surface area contributed by atoms with Crippen molar-refractivity contribution in [3.63, 3.8) is 0 Å². The molecule has 0 unspecified atom stereocenters. The molecule has 0 N–H and O–H groups in total. The maximum atomic E-state index is 2.87. The van der Waals surface area contributed by atoms with Gasteiger partial charge in [-0.3, -0.25) is 0 Å². The molecule has 0 bridgehead atoms. The number of hydrogen-bond donors (Lipinski definition) is 0. The lowest BCUT2D eigenvalue weighted by molar-refractivity contribution is 0.483. The Morgan fingerprint density at radius 1 is 0.308 bits per heavy atom. The first-order chi connectivity index (χ1) is 25.8. The molecule has 2 aromatic rings. The van der Waals surface area contributed by atoms with Crippen molar-refractivity contribution in [1.82, 2.24) is 0 Å². The van der Waals surface area contributed by atoms with E-state index in [9.17, 15) is 0 Å². The van der Waals surface area contributed by atoms with Crippen LogP contribution < -0.4 is 0 Å². The normalized spacial score (nSPS) is 24.8. The molecule has 0 atom stereocenters. The standard InChI is InChI=1S/C49H77P3/c1-7-19-44(20-8-1)50(45-21-9-2-10-22-45)36-39-31-32-40-34-42(37-51(46-23-11-3-12-24-46)47-25-13-4-14-26-47)43(35-41(40)33-39)38-52(48-27-15-5-16-28-48)49-29-17-6-18-30-49/h31-35,44-49H,1-30,36-38H2. The Morgan fingerprint density at radius 2 is 0.596 bits per heavy atom. The van der Waals surface area contributed by atoms with Gasteiger partial charge < -0.3 is 0 Å². The molecule has 2 aromatic carbocycles. The molecular formula is C49H77P3. The van der Waals surface area contributed by atoms with E-state index in [1.54, 1.807) is 93.4 Å². The van der Waals surface area contributed by atoms with Gasteiger partial charge >= 0.3 is 0 Å². The van der Waals surface area contributed by atoms with Gasteiger partial charge in [0.25, 0.3) is 0 Å². The van der Waals surface area contributed by atoms with Gasteiger partial charge in [0.2, 0.25) is 0 Å². The fourth-order valence-electron chi connectivity index (χ4n) is 12.6. The predicted molar refractivity (Wildman–Crippen MR) is 237 cm³/mol. The van der Waals surface area contributed by atoms with Crippen LogP contribution in [0, 0.1) is 0 Å². The van der Waals surface area contributed by atoms with Crippen molar-refractivity contribution >= 4 is 34.5 Å². The van der Waals surface area contributed by atoms with E-state index in [0.717, 1.165) is 34.0 Å². The fourth-order valence-corrected chi connectivity index (χ4v) is 24.1. The van der Waals surface area contributed by atoms with Gasteiger partial charge in [0.05, 0.1) is 0 Å². The van der Waals surface area contributed by atoms with Crippen molar-refractivity contribution in [2.24, 2.45) is 0 Å². The molecule has 6 saturated carbocycles. The molecule has 0 aliphatic heterocycles. The van der Waals surface area contributed by atoms with Gasteiger partial charge in [0.1, 0.15) is 0 Å². The molecule has 0 aromatic heterocycles. The van der Waals surface area contributed by atoms with E-state index in [0.29, 0.717) is 0 Å². The highest BCUT2D eigenvalue weighted by Crippen LogP contribution is 2.62. The molecule has 0 saturated heterocycles. The maximum Gasteiger partial charge on any atom is -0.00650 e. The van der Waals surface area contributed by atoms with Crippen molar-refractivity contribution in [3.05, 3.63) is 47.0 Å². The quantitative estimate of drug-likeness (QED) is 0.189. The summed E-state index contributed by atoms with van der Waals surface area (Å²) in [5.41, 5.74) is 11.7. The second kappa shape index (κ2) is 19.9. The van der Waals surface area contributed by atoms with Crippen LogP contribution in [0.3, 0.4) is 0 Å². The first kappa shape index (κ1) is 38.8. The van der Waals surface area contributed by atoms with Gasteiger partial charge in [-0.1, -0.05) is 170 Å². The maximum absolute atomic E-state index is 2.87. The predicted octanol–water partition coefficient (Wildman–Crippen LogP) is 16.8. The second-order valence-corrected chi connectivity index (χ2v) is 27.5. The van der Waals surface area contributed by atoms with Crippen molar-refractivity contribution in [2.75, 3.05) is 0 Å². The van der Waals surface area contributed by atoms with Crippen LogP contribution >= 0.6 is 23.8 Å². The van der Waals surface area contributed by atoms with Crippen LogP contribution in [0.1, 0.15) is 209 Å². The highest BCUT2D eigenvalue weighted by Gasteiger charge is 2.35. The summed E-state index contributed by atoms with van der Waals surface area (Å²) >= 11 is 0. The zero-order valence-electron chi connectivity index (χ0n) is 33.5. The molecule has 288 valence electrons. The first-order valence-electron chi connectivity index (χ1n) is 23.6. The zero-order chi connectivity index (χ0) is 35.0. The van der Waals surface area contributed by atoms with Gasteiger partial charge in [-0.2, -0.15) is 0 Å². The lowest BCUT2D eigenvalue weighted by Gasteiger charge is -2.40. The summed E-state index contributed by atoms with van der Waals surface area (Å²) in [6.45, 7) is 0. The van der Waals surface area contributed by atoms with Crippen LogP contribution in [-0.2, 0) is 18.5 Å². The van der Waals surface area contributed by atoms with Crippen molar-refractivity contribution in [1.29, 1.82) is 0 Å². The van der Waals surface area contributed by atoms with E-state index in [1.165, 1.54) is 134 Å². The summed E-state index contributed by atoms with van der Waals surface area (Å²) in [4.78, 5) is 0. The third kappa shape index (κ3) is 10.1. The Morgan fingerprint density at radius 3 is 0.923 bits per heavy atom. The summed E-state index contributed by atoms with van der Waals surface area (Å²) in [5, 5.41) is 3.21. The van der Waals surface area contributed by atoms with E-state index in [2.05, 4.69) is 30.3 Å². The van der Waals surface area contributed by atoms with E-state index >= 15 is 0 Å². The van der Waals surface area contributed by atoms with Crippen molar-refractivity contribution in [2.45, 2.75) is 245 Å². The van der Waals surface area contributed by atoms with Crippen LogP contribution in [0.25, 0.3) is 10.8 Å². The molecular weight excluding hydrogens is 681 g/mol. The molecule has 3 heteroatoms. The molecule has 0 amide bonds. The van der Waals surface area contributed by atoms with Crippen LogP contribution in [0.15, 0.2) is 30.3 Å². The van der Waals surface area contributed by atoms with Crippen LogP contribution in [-0.4, -0.2) is 34.0 Å². The largest absolute Gasteiger partial charge is 0.0958 e. The Labute approximate surface area is 325 Å². The Bertz CT molecular complexity index is 1290. The Hall–Kier alpha value is -0.0100. The summed E-state index contributed by atoms with van der Waals surface area (Å²) in [6.07, 6.45) is 50.1. The topological polar surface area (TPSA) is 0 Å². The molecule has 52 heavy (non-hydrogen) atoms. The highest BCUT2D eigenvalue weighted by molar-refractivity contribution is 7.59.